The molecule has 0 N–H and O–H groups in total. The van der Waals surface area contributed by atoms with Gasteiger partial charge >= 0.3 is 0 Å². The smallest absolute Gasteiger partial charge is 0.270 e. The molecule has 3 heterocycles. The van der Waals surface area contributed by atoms with Gasteiger partial charge in [0.1, 0.15) is 5.71 Å². The van der Waals surface area contributed by atoms with Gasteiger partial charge in [-0.1, -0.05) is 41.8 Å². The van der Waals surface area contributed by atoms with Gasteiger partial charge in [-0.05, 0) is 97.3 Å². The number of anilines is 1. The molecular weight excluding hydrogens is 582 g/mol. The van der Waals surface area contributed by atoms with Gasteiger partial charge in [0.25, 0.3) is 5.91 Å². The molecule has 5 rings (SSSR count). The number of nitrogens with zero attached hydrogens (tertiary/aromatic N) is 4. The maximum Gasteiger partial charge on any atom is 0.270 e. The summed E-state index contributed by atoms with van der Waals surface area (Å²) in [4.78, 5) is 18.2. The van der Waals surface area contributed by atoms with Gasteiger partial charge in [-0.25, -0.2) is 0 Å². The summed E-state index contributed by atoms with van der Waals surface area (Å²) < 4.78 is 1.17. The quantitative estimate of drug-likeness (QED) is 0.377. The van der Waals surface area contributed by atoms with Crippen LogP contribution in [-0.4, -0.2) is 53.6 Å². The Kier molecular flexibility index (Phi) is 7.68. The maximum atomic E-state index is 13.5. The van der Waals surface area contributed by atoms with Gasteiger partial charge in [-0.3, -0.25) is 9.80 Å². The molecule has 8 heteroatoms. The van der Waals surface area contributed by atoms with Crippen molar-refractivity contribution in [3.05, 3.63) is 61.6 Å². The van der Waals surface area contributed by atoms with Crippen LogP contribution >= 0.6 is 45.8 Å². The predicted molar refractivity (Wildman–Crippen MR) is 148 cm³/mol. The van der Waals surface area contributed by atoms with Gasteiger partial charge in [-0.2, -0.15) is 5.10 Å². The number of hydrogen-bond acceptors (Lipinski definition) is 4. The van der Waals surface area contributed by atoms with Crippen LogP contribution in [0.25, 0.3) is 0 Å². The SMILES string of the molecule is O=C(C1=NN(c2ccc(Cl)cc2Cl)C(c2ccc(I)cc2)C1)N1CCC(N2CCCCC2)CC1. The van der Waals surface area contributed by atoms with Crippen LogP contribution in [0.2, 0.25) is 10.0 Å². The Morgan fingerprint density at radius 1 is 0.941 bits per heavy atom. The number of amides is 1. The van der Waals surface area contributed by atoms with Crippen LogP contribution in [0.4, 0.5) is 5.69 Å². The van der Waals surface area contributed by atoms with Crippen LogP contribution in [-0.2, 0) is 4.79 Å². The molecule has 0 saturated carbocycles. The summed E-state index contributed by atoms with van der Waals surface area (Å²) >= 11 is 15.0. The van der Waals surface area contributed by atoms with Crippen molar-refractivity contribution in [2.24, 2.45) is 5.10 Å². The molecule has 5 nitrogen and oxygen atoms in total. The van der Waals surface area contributed by atoms with Crippen molar-refractivity contribution >= 4 is 63.1 Å². The van der Waals surface area contributed by atoms with Crippen molar-refractivity contribution in [1.29, 1.82) is 0 Å². The Balaban J connectivity index is 1.34. The molecule has 0 spiro atoms. The highest BCUT2D eigenvalue weighted by atomic mass is 127. The minimum Gasteiger partial charge on any atom is -0.337 e. The monoisotopic (exact) mass is 610 g/mol. The Morgan fingerprint density at radius 2 is 1.65 bits per heavy atom. The number of carbonyl (C=O) groups is 1. The molecule has 2 fully saturated rings. The van der Waals surface area contributed by atoms with Crippen molar-refractivity contribution in [3.8, 4) is 0 Å². The summed E-state index contributed by atoms with van der Waals surface area (Å²) in [5, 5.41) is 7.84. The first kappa shape index (κ1) is 24.3. The molecule has 34 heavy (non-hydrogen) atoms. The van der Waals surface area contributed by atoms with Crippen LogP contribution in [0, 0.1) is 3.57 Å². The molecule has 3 aliphatic heterocycles. The predicted octanol–water partition coefficient (Wildman–Crippen LogP) is 6.38. The molecule has 0 radical (unpaired) electrons. The van der Waals surface area contributed by atoms with Crippen LogP contribution in [0.5, 0.6) is 0 Å². The number of hydrogen-bond donors (Lipinski definition) is 0. The molecule has 2 aromatic rings. The number of hydrazone groups is 1. The number of halogens is 3. The Bertz CT molecular complexity index is 1060. The number of rotatable bonds is 4. The molecule has 2 aromatic carbocycles. The summed E-state index contributed by atoms with van der Waals surface area (Å²) in [5.74, 6) is 0.0557. The highest BCUT2D eigenvalue weighted by molar-refractivity contribution is 14.1. The molecular formula is C26H29Cl2IN4O. The van der Waals surface area contributed by atoms with Crippen molar-refractivity contribution in [1.82, 2.24) is 9.80 Å². The first-order valence-electron chi connectivity index (χ1n) is 12.1. The normalized spacial score (nSPS) is 22.2. The average Bonchev–Trinajstić information content (AvgIpc) is 3.30. The van der Waals surface area contributed by atoms with E-state index in [1.165, 1.54) is 35.9 Å². The van der Waals surface area contributed by atoms with E-state index in [0.29, 0.717) is 28.2 Å². The van der Waals surface area contributed by atoms with Crippen LogP contribution in [0.3, 0.4) is 0 Å². The second-order valence-corrected chi connectivity index (χ2v) is 11.5. The van der Waals surface area contributed by atoms with E-state index >= 15 is 0 Å². The number of carbonyl (C=O) groups excluding carboxylic acids is 1. The van der Waals surface area contributed by atoms with Crippen LogP contribution < -0.4 is 5.01 Å². The first-order chi connectivity index (χ1) is 16.5. The van der Waals surface area contributed by atoms with Gasteiger partial charge in [-0.15, -0.1) is 0 Å². The fourth-order valence-corrected chi connectivity index (χ4v) is 6.23. The molecule has 3 aliphatic rings. The standard InChI is InChI=1S/C26H29Cl2IN4O/c27-19-6-9-24(22(28)16-19)33-25(18-4-7-20(29)8-5-18)17-23(30-33)26(34)32-14-10-21(11-15-32)31-12-2-1-3-13-31/h4-9,16,21,25H,1-3,10-15,17H2. The van der Waals surface area contributed by atoms with Crippen LogP contribution in [0.15, 0.2) is 47.6 Å². The molecule has 1 atom stereocenters. The van der Waals surface area contributed by atoms with Gasteiger partial charge in [0.2, 0.25) is 0 Å². The highest BCUT2D eigenvalue weighted by Gasteiger charge is 2.36. The van der Waals surface area contributed by atoms with Gasteiger partial charge < -0.3 is 9.80 Å². The lowest BCUT2D eigenvalue weighted by Crippen LogP contribution is -2.49. The van der Waals surface area contributed by atoms with Crippen molar-refractivity contribution in [2.45, 2.75) is 50.6 Å². The third kappa shape index (κ3) is 5.25. The fourth-order valence-electron chi connectivity index (χ4n) is 5.37. The summed E-state index contributed by atoms with van der Waals surface area (Å²) in [6.07, 6.45) is 6.62. The lowest BCUT2D eigenvalue weighted by atomic mass is 9.98. The Hall–Kier alpha value is -1.35. The summed E-state index contributed by atoms with van der Waals surface area (Å²) in [7, 11) is 0. The van der Waals surface area contributed by atoms with Gasteiger partial charge in [0, 0.05) is 34.1 Å². The topological polar surface area (TPSA) is 39.2 Å². The molecule has 1 unspecified atom stereocenters. The van der Waals surface area contributed by atoms with Crippen LogP contribution in [0.1, 0.15) is 50.1 Å². The van der Waals surface area contributed by atoms with E-state index < -0.39 is 0 Å². The van der Waals surface area contributed by atoms with E-state index in [-0.39, 0.29) is 11.9 Å². The summed E-state index contributed by atoms with van der Waals surface area (Å²) in [5.41, 5.74) is 2.48. The Morgan fingerprint density at radius 3 is 2.32 bits per heavy atom. The third-order valence-electron chi connectivity index (χ3n) is 7.23. The molecule has 180 valence electrons. The van der Waals surface area contributed by atoms with Crippen molar-refractivity contribution < 1.29 is 4.79 Å². The zero-order valence-corrected chi connectivity index (χ0v) is 22.8. The molecule has 2 saturated heterocycles. The molecule has 0 aliphatic carbocycles. The number of benzene rings is 2. The van der Waals surface area contributed by atoms with Crippen molar-refractivity contribution in [3.63, 3.8) is 0 Å². The second-order valence-electron chi connectivity index (χ2n) is 9.38. The summed E-state index contributed by atoms with van der Waals surface area (Å²) in [6.45, 7) is 4.02. The van der Waals surface area contributed by atoms with E-state index in [1.54, 1.807) is 6.07 Å². The minimum atomic E-state index is -0.0829. The first-order valence-corrected chi connectivity index (χ1v) is 13.9. The van der Waals surface area contributed by atoms with E-state index in [1.807, 2.05) is 22.0 Å². The number of piperidine rings is 2. The Labute approximate surface area is 225 Å². The lowest BCUT2D eigenvalue weighted by Gasteiger charge is -2.40. The zero-order valence-electron chi connectivity index (χ0n) is 19.1. The van der Waals surface area contributed by atoms with Gasteiger partial charge in [0.15, 0.2) is 0 Å². The lowest BCUT2D eigenvalue weighted by molar-refractivity contribution is -0.125. The average molecular weight is 611 g/mol. The largest absolute Gasteiger partial charge is 0.337 e. The van der Waals surface area contributed by atoms with E-state index in [0.717, 1.165) is 37.2 Å². The zero-order chi connectivity index (χ0) is 23.7. The fraction of sp³-hybridized carbons (Fsp3) is 0.462. The molecule has 1 amide bonds. The van der Waals surface area contributed by atoms with E-state index in [9.17, 15) is 4.79 Å². The number of likely N-dealkylation sites (tertiary alicyclic amines) is 2. The van der Waals surface area contributed by atoms with Crippen molar-refractivity contribution in [2.75, 3.05) is 31.2 Å². The molecule has 0 aromatic heterocycles. The summed E-state index contributed by atoms with van der Waals surface area (Å²) in [6, 6.07) is 14.3. The van der Waals surface area contributed by atoms with E-state index in [2.05, 4.69) is 51.8 Å². The van der Waals surface area contributed by atoms with Gasteiger partial charge in [0.05, 0.1) is 16.8 Å². The molecule has 0 bridgehead atoms. The second kappa shape index (κ2) is 10.7. The minimum absolute atomic E-state index is 0.0557. The highest BCUT2D eigenvalue weighted by Crippen LogP contribution is 2.40. The van der Waals surface area contributed by atoms with E-state index in [4.69, 9.17) is 28.3 Å². The third-order valence-corrected chi connectivity index (χ3v) is 8.48. The maximum absolute atomic E-state index is 13.5.